The van der Waals surface area contributed by atoms with Gasteiger partial charge < -0.3 is 19.9 Å². The normalized spacial score (nSPS) is 11.4. The number of carbonyl (C=O) groups is 2. The fourth-order valence-electron chi connectivity index (χ4n) is 2.26. The number of halogens is 1. The number of nitrogens with one attached hydrogen (secondary N) is 1. The van der Waals surface area contributed by atoms with E-state index in [1.165, 1.54) is 21.9 Å². The van der Waals surface area contributed by atoms with Gasteiger partial charge in [0.05, 0.1) is 6.04 Å². The van der Waals surface area contributed by atoms with Gasteiger partial charge in [-0.2, -0.15) is 0 Å². The van der Waals surface area contributed by atoms with Crippen LogP contribution in [0.2, 0.25) is 0 Å². The number of amides is 3. The number of anilines is 1. The number of nitrogens with zero attached hydrogens (tertiary/aromatic N) is 2. The van der Waals surface area contributed by atoms with Crippen LogP contribution in [0.1, 0.15) is 18.5 Å². The quantitative estimate of drug-likeness (QED) is 0.843. The molecule has 7 heteroatoms. The number of likely N-dealkylation sites (N-methyl/N-ethyl adjacent to an activating group) is 1. The van der Waals surface area contributed by atoms with Gasteiger partial charge in [0, 0.05) is 26.8 Å². The van der Waals surface area contributed by atoms with E-state index in [0.717, 1.165) is 5.56 Å². The second-order valence-corrected chi connectivity index (χ2v) is 6.37. The maximum atomic E-state index is 13.0. The lowest BCUT2D eigenvalue weighted by molar-refractivity contribution is -0.130. The number of carbonyl (C=O) groups excluding carboxylic acids is 2. The first-order valence-corrected chi connectivity index (χ1v) is 8.50. The molecule has 0 unspecified atom stereocenters. The fraction of sp³-hybridized carbons (Fsp3) is 0.300. The SMILES string of the molecule is C[C@H](c1ccc(F)cc1)N(C)C(=O)Nc1ccc(OCC(=O)N(C)C)cc1. The zero-order chi connectivity index (χ0) is 20.0. The first-order chi connectivity index (χ1) is 12.8. The average Bonchev–Trinajstić information content (AvgIpc) is 2.66. The molecule has 0 fully saturated rings. The van der Waals surface area contributed by atoms with Crippen molar-refractivity contribution in [1.29, 1.82) is 0 Å². The monoisotopic (exact) mass is 373 g/mol. The van der Waals surface area contributed by atoms with Crippen LogP contribution in [0.3, 0.4) is 0 Å². The minimum absolute atomic E-state index is 0.0450. The summed E-state index contributed by atoms with van der Waals surface area (Å²) in [6.45, 7) is 1.82. The molecule has 144 valence electrons. The van der Waals surface area contributed by atoms with Gasteiger partial charge in [0.25, 0.3) is 5.91 Å². The summed E-state index contributed by atoms with van der Waals surface area (Å²) in [7, 11) is 5.00. The molecule has 6 nitrogen and oxygen atoms in total. The van der Waals surface area contributed by atoms with Gasteiger partial charge in [-0.05, 0) is 48.9 Å². The van der Waals surface area contributed by atoms with Gasteiger partial charge in [-0.15, -0.1) is 0 Å². The predicted octanol–water partition coefficient (Wildman–Crippen LogP) is 3.52. The highest BCUT2D eigenvalue weighted by molar-refractivity contribution is 5.89. The highest BCUT2D eigenvalue weighted by atomic mass is 19.1. The number of benzene rings is 2. The maximum Gasteiger partial charge on any atom is 0.322 e. The molecule has 0 aromatic heterocycles. The molecule has 1 atom stereocenters. The van der Waals surface area contributed by atoms with Crippen LogP contribution >= 0.6 is 0 Å². The van der Waals surface area contributed by atoms with Crippen LogP contribution in [0.25, 0.3) is 0 Å². The van der Waals surface area contributed by atoms with Crippen molar-refractivity contribution >= 4 is 17.6 Å². The van der Waals surface area contributed by atoms with Crippen molar-refractivity contribution in [3.8, 4) is 5.75 Å². The number of rotatable bonds is 6. The number of ether oxygens (including phenoxy) is 1. The Morgan fingerprint density at radius 3 is 2.19 bits per heavy atom. The highest BCUT2D eigenvalue weighted by Crippen LogP contribution is 2.21. The Balaban J connectivity index is 1.92. The fourth-order valence-corrected chi connectivity index (χ4v) is 2.26. The Morgan fingerprint density at radius 2 is 1.63 bits per heavy atom. The van der Waals surface area contributed by atoms with Crippen LogP contribution in [0.15, 0.2) is 48.5 Å². The van der Waals surface area contributed by atoms with E-state index in [-0.39, 0.29) is 30.4 Å². The third kappa shape index (κ3) is 5.70. The molecule has 0 aliphatic carbocycles. The van der Waals surface area contributed by atoms with Crippen molar-refractivity contribution in [3.05, 3.63) is 59.9 Å². The third-order valence-electron chi connectivity index (χ3n) is 4.22. The second-order valence-electron chi connectivity index (χ2n) is 6.37. The molecule has 0 aliphatic heterocycles. The van der Waals surface area contributed by atoms with E-state index in [1.54, 1.807) is 57.5 Å². The highest BCUT2D eigenvalue weighted by Gasteiger charge is 2.17. The van der Waals surface area contributed by atoms with Gasteiger partial charge in [0.15, 0.2) is 6.61 Å². The Labute approximate surface area is 158 Å². The van der Waals surface area contributed by atoms with Crippen LogP contribution < -0.4 is 10.1 Å². The maximum absolute atomic E-state index is 13.0. The largest absolute Gasteiger partial charge is 0.484 e. The average molecular weight is 373 g/mol. The second kappa shape index (κ2) is 9.02. The molecule has 0 aliphatic rings. The molecule has 3 amide bonds. The minimum atomic E-state index is -0.312. The van der Waals surface area contributed by atoms with Crippen molar-refractivity contribution < 1.29 is 18.7 Å². The van der Waals surface area contributed by atoms with E-state index in [4.69, 9.17) is 4.74 Å². The lowest BCUT2D eigenvalue weighted by Gasteiger charge is -2.25. The lowest BCUT2D eigenvalue weighted by atomic mass is 10.1. The zero-order valence-corrected chi connectivity index (χ0v) is 15.9. The van der Waals surface area contributed by atoms with Crippen LogP contribution in [0.4, 0.5) is 14.9 Å². The van der Waals surface area contributed by atoms with Crippen molar-refractivity contribution in [3.63, 3.8) is 0 Å². The summed E-state index contributed by atoms with van der Waals surface area (Å²) < 4.78 is 18.4. The van der Waals surface area contributed by atoms with Crippen molar-refractivity contribution in [2.24, 2.45) is 0 Å². The summed E-state index contributed by atoms with van der Waals surface area (Å²) in [6.07, 6.45) is 0. The molecule has 27 heavy (non-hydrogen) atoms. The third-order valence-corrected chi connectivity index (χ3v) is 4.22. The Morgan fingerprint density at radius 1 is 1.04 bits per heavy atom. The Kier molecular flexibility index (Phi) is 6.76. The van der Waals surface area contributed by atoms with Gasteiger partial charge >= 0.3 is 6.03 Å². The summed E-state index contributed by atoms with van der Waals surface area (Å²) in [6, 6.07) is 12.3. The Bertz CT molecular complexity index is 776. The van der Waals surface area contributed by atoms with E-state index in [9.17, 15) is 14.0 Å². The topological polar surface area (TPSA) is 61.9 Å². The molecule has 0 spiro atoms. The molecular weight excluding hydrogens is 349 g/mol. The van der Waals surface area contributed by atoms with Gasteiger partial charge in [0.2, 0.25) is 0 Å². The molecule has 1 N–H and O–H groups in total. The van der Waals surface area contributed by atoms with E-state index < -0.39 is 0 Å². The summed E-state index contributed by atoms with van der Waals surface area (Å²) in [5.41, 5.74) is 1.44. The first kappa shape index (κ1) is 20.2. The summed E-state index contributed by atoms with van der Waals surface area (Å²) in [4.78, 5) is 26.9. The molecule has 0 saturated heterocycles. The standard InChI is InChI=1S/C20H24FN3O3/c1-14(15-5-7-16(21)8-6-15)24(4)20(26)22-17-9-11-18(12-10-17)27-13-19(25)23(2)3/h5-12,14H,13H2,1-4H3,(H,22,26)/t14-/m1/s1. The van der Waals surface area contributed by atoms with Crippen LogP contribution in [-0.2, 0) is 4.79 Å². The van der Waals surface area contributed by atoms with Crippen LogP contribution in [0.5, 0.6) is 5.75 Å². The Hall–Kier alpha value is -3.09. The van der Waals surface area contributed by atoms with Crippen molar-refractivity contribution in [2.75, 3.05) is 33.1 Å². The minimum Gasteiger partial charge on any atom is -0.484 e. The summed E-state index contributed by atoms with van der Waals surface area (Å²) >= 11 is 0. The first-order valence-electron chi connectivity index (χ1n) is 8.50. The smallest absolute Gasteiger partial charge is 0.322 e. The molecule has 2 rings (SSSR count). The number of hydrogen-bond donors (Lipinski definition) is 1. The van der Waals surface area contributed by atoms with E-state index >= 15 is 0 Å². The van der Waals surface area contributed by atoms with E-state index in [2.05, 4.69) is 5.32 Å². The van der Waals surface area contributed by atoms with Gasteiger partial charge in [-0.25, -0.2) is 9.18 Å². The molecule has 0 radical (unpaired) electrons. The summed E-state index contributed by atoms with van der Waals surface area (Å²) in [5, 5.41) is 2.80. The zero-order valence-electron chi connectivity index (χ0n) is 15.9. The molecule has 0 heterocycles. The molecule has 0 bridgehead atoms. The van der Waals surface area contributed by atoms with E-state index in [0.29, 0.717) is 11.4 Å². The molecule has 0 saturated carbocycles. The number of urea groups is 1. The molecule has 2 aromatic carbocycles. The van der Waals surface area contributed by atoms with Gasteiger partial charge in [-0.3, -0.25) is 4.79 Å². The number of hydrogen-bond acceptors (Lipinski definition) is 3. The molecular formula is C20H24FN3O3. The van der Waals surface area contributed by atoms with Gasteiger partial charge in [0.1, 0.15) is 11.6 Å². The van der Waals surface area contributed by atoms with E-state index in [1.807, 2.05) is 6.92 Å². The predicted molar refractivity (Wildman–Crippen MR) is 102 cm³/mol. The van der Waals surface area contributed by atoms with Crippen molar-refractivity contribution in [1.82, 2.24) is 9.80 Å². The van der Waals surface area contributed by atoms with Crippen LogP contribution in [0, 0.1) is 5.82 Å². The lowest BCUT2D eigenvalue weighted by Crippen LogP contribution is -2.33. The molecule has 2 aromatic rings. The van der Waals surface area contributed by atoms with Crippen molar-refractivity contribution in [2.45, 2.75) is 13.0 Å². The van der Waals surface area contributed by atoms with Gasteiger partial charge in [-0.1, -0.05) is 12.1 Å². The summed E-state index contributed by atoms with van der Waals surface area (Å²) in [5.74, 6) is 0.0904. The van der Waals surface area contributed by atoms with Crippen LogP contribution in [-0.4, -0.2) is 49.5 Å².